The summed E-state index contributed by atoms with van der Waals surface area (Å²) in [4.78, 5) is 15.6. The van der Waals surface area contributed by atoms with E-state index in [1.54, 1.807) is 18.3 Å². The number of hydrogen-bond acceptors (Lipinski definition) is 3. The van der Waals surface area contributed by atoms with Crippen molar-refractivity contribution in [2.75, 3.05) is 11.9 Å². The largest absolute Gasteiger partial charge is 0.374 e. The molecule has 0 fully saturated rings. The van der Waals surface area contributed by atoms with Crippen molar-refractivity contribution in [1.82, 2.24) is 10.3 Å². The van der Waals surface area contributed by atoms with Gasteiger partial charge in [0.2, 0.25) is 5.91 Å². The fourth-order valence-electron chi connectivity index (χ4n) is 1.56. The highest BCUT2D eigenvalue weighted by atomic mass is 19.1. The minimum absolute atomic E-state index is 0.0828. The van der Waals surface area contributed by atoms with Crippen LogP contribution >= 0.6 is 0 Å². The van der Waals surface area contributed by atoms with Crippen LogP contribution in [0.5, 0.6) is 0 Å². The van der Waals surface area contributed by atoms with Gasteiger partial charge in [-0.15, -0.1) is 0 Å². The zero-order valence-corrected chi connectivity index (χ0v) is 10.6. The van der Waals surface area contributed by atoms with Gasteiger partial charge < -0.3 is 10.6 Å². The molecule has 2 rings (SSSR count). The molecule has 2 N–H and O–H groups in total. The van der Waals surface area contributed by atoms with Crippen LogP contribution in [0.2, 0.25) is 0 Å². The summed E-state index contributed by atoms with van der Waals surface area (Å²) in [6.07, 6.45) is 1.63. The molecule has 6 heteroatoms. The van der Waals surface area contributed by atoms with E-state index < -0.39 is 11.6 Å². The summed E-state index contributed by atoms with van der Waals surface area (Å²) in [6, 6.07) is 8.51. The van der Waals surface area contributed by atoms with E-state index in [0.29, 0.717) is 6.54 Å². The van der Waals surface area contributed by atoms with Crippen molar-refractivity contribution in [2.24, 2.45) is 0 Å². The maximum absolute atomic E-state index is 13.3. The predicted molar refractivity (Wildman–Crippen MR) is 70.9 cm³/mol. The lowest BCUT2D eigenvalue weighted by Crippen LogP contribution is -2.29. The molecule has 0 radical (unpaired) electrons. The zero-order valence-electron chi connectivity index (χ0n) is 10.6. The average molecular weight is 277 g/mol. The molecule has 104 valence electrons. The van der Waals surface area contributed by atoms with Crippen LogP contribution in [-0.4, -0.2) is 17.4 Å². The Bertz CT molecular complexity index is 590. The summed E-state index contributed by atoms with van der Waals surface area (Å²) >= 11 is 0. The highest BCUT2D eigenvalue weighted by Gasteiger charge is 2.06. The van der Waals surface area contributed by atoms with Gasteiger partial charge in [-0.05, 0) is 24.3 Å². The lowest BCUT2D eigenvalue weighted by atomic mass is 10.3. The summed E-state index contributed by atoms with van der Waals surface area (Å²) in [5.41, 5.74) is 0.813. The number of hydrogen-bond donors (Lipinski definition) is 2. The molecule has 0 aliphatic rings. The second-order valence-electron chi connectivity index (χ2n) is 4.08. The molecule has 20 heavy (non-hydrogen) atoms. The van der Waals surface area contributed by atoms with Gasteiger partial charge >= 0.3 is 0 Å². The number of amides is 1. The standard InChI is InChI=1S/C14H13F2N3O/c15-10-4-5-13(12(16)7-10)18-9-14(20)19-8-11-3-1-2-6-17-11/h1-7,18H,8-9H2,(H,19,20). The molecule has 0 unspecified atom stereocenters. The summed E-state index contributed by atoms with van der Waals surface area (Å²) in [5.74, 6) is -1.70. The van der Waals surface area contributed by atoms with E-state index in [1.165, 1.54) is 6.07 Å². The molecule has 1 aromatic carbocycles. The van der Waals surface area contributed by atoms with Gasteiger partial charge in [0.05, 0.1) is 24.5 Å². The highest BCUT2D eigenvalue weighted by Crippen LogP contribution is 2.14. The van der Waals surface area contributed by atoms with Crippen molar-refractivity contribution in [2.45, 2.75) is 6.54 Å². The first kappa shape index (κ1) is 13.9. The van der Waals surface area contributed by atoms with Crippen LogP contribution in [0.25, 0.3) is 0 Å². The first-order valence-electron chi connectivity index (χ1n) is 6.00. The first-order valence-corrected chi connectivity index (χ1v) is 6.00. The van der Waals surface area contributed by atoms with Gasteiger partial charge in [0.25, 0.3) is 0 Å². The number of anilines is 1. The van der Waals surface area contributed by atoms with Crippen LogP contribution in [0.1, 0.15) is 5.69 Å². The topological polar surface area (TPSA) is 54.0 Å². The smallest absolute Gasteiger partial charge is 0.239 e. The minimum Gasteiger partial charge on any atom is -0.374 e. The molecule has 0 atom stereocenters. The Hall–Kier alpha value is -2.50. The van der Waals surface area contributed by atoms with E-state index in [9.17, 15) is 13.6 Å². The minimum atomic E-state index is -0.734. The molecule has 0 bridgehead atoms. The van der Waals surface area contributed by atoms with Crippen molar-refractivity contribution in [1.29, 1.82) is 0 Å². The van der Waals surface area contributed by atoms with Crippen LogP contribution in [0.4, 0.5) is 14.5 Å². The van der Waals surface area contributed by atoms with E-state index in [0.717, 1.165) is 17.8 Å². The quantitative estimate of drug-likeness (QED) is 0.880. The highest BCUT2D eigenvalue weighted by molar-refractivity contribution is 5.80. The molecule has 1 heterocycles. The van der Waals surface area contributed by atoms with Crippen molar-refractivity contribution < 1.29 is 13.6 Å². The molecular formula is C14H13F2N3O. The normalized spacial score (nSPS) is 10.1. The molecule has 0 aliphatic heterocycles. The Morgan fingerprint density at radius 2 is 2.05 bits per heavy atom. The van der Waals surface area contributed by atoms with Gasteiger partial charge in [0, 0.05) is 12.3 Å². The number of halogens is 2. The van der Waals surface area contributed by atoms with Gasteiger partial charge in [-0.1, -0.05) is 6.07 Å². The molecule has 1 aromatic heterocycles. The molecule has 1 amide bonds. The number of benzene rings is 1. The van der Waals surface area contributed by atoms with Gasteiger partial charge in [0.1, 0.15) is 11.6 Å². The monoisotopic (exact) mass is 277 g/mol. The Labute approximate surface area is 114 Å². The molecule has 0 aliphatic carbocycles. The second kappa shape index (κ2) is 6.60. The van der Waals surface area contributed by atoms with E-state index in [2.05, 4.69) is 15.6 Å². The van der Waals surface area contributed by atoms with Crippen molar-refractivity contribution in [3.63, 3.8) is 0 Å². The number of carbonyl (C=O) groups excluding carboxylic acids is 1. The third kappa shape index (κ3) is 4.01. The van der Waals surface area contributed by atoms with E-state index in [-0.39, 0.29) is 18.1 Å². The van der Waals surface area contributed by atoms with Gasteiger partial charge in [-0.3, -0.25) is 9.78 Å². The van der Waals surface area contributed by atoms with Crippen molar-refractivity contribution >= 4 is 11.6 Å². The van der Waals surface area contributed by atoms with Crippen molar-refractivity contribution in [3.05, 3.63) is 59.9 Å². The summed E-state index contributed by atoms with van der Waals surface area (Å²) in [6.45, 7) is 0.197. The Morgan fingerprint density at radius 1 is 1.20 bits per heavy atom. The Balaban J connectivity index is 1.80. The Kier molecular flexibility index (Phi) is 4.60. The fourth-order valence-corrected chi connectivity index (χ4v) is 1.56. The molecule has 0 saturated carbocycles. The van der Waals surface area contributed by atoms with Crippen LogP contribution in [0.3, 0.4) is 0 Å². The third-order valence-corrected chi connectivity index (χ3v) is 2.56. The lowest BCUT2D eigenvalue weighted by Gasteiger charge is -2.08. The number of aromatic nitrogens is 1. The fraction of sp³-hybridized carbons (Fsp3) is 0.143. The lowest BCUT2D eigenvalue weighted by molar-refractivity contribution is -0.119. The molecular weight excluding hydrogens is 264 g/mol. The van der Waals surface area contributed by atoms with E-state index >= 15 is 0 Å². The number of nitrogens with one attached hydrogen (secondary N) is 2. The predicted octanol–water partition coefficient (Wildman–Crippen LogP) is 2.09. The number of rotatable bonds is 5. The third-order valence-electron chi connectivity index (χ3n) is 2.56. The van der Waals surface area contributed by atoms with Gasteiger partial charge in [-0.2, -0.15) is 0 Å². The molecule has 4 nitrogen and oxygen atoms in total. The van der Waals surface area contributed by atoms with E-state index in [4.69, 9.17) is 0 Å². The maximum Gasteiger partial charge on any atom is 0.239 e. The average Bonchev–Trinajstić information content (AvgIpc) is 2.45. The number of carbonyl (C=O) groups is 1. The van der Waals surface area contributed by atoms with E-state index in [1.807, 2.05) is 6.07 Å². The van der Waals surface area contributed by atoms with Crippen molar-refractivity contribution in [3.8, 4) is 0 Å². The van der Waals surface area contributed by atoms with Crippen LogP contribution in [0, 0.1) is 11.6 Å². The number of pyridine rings is 1. The van der Waals surface area contributed by atoms with Gasteiger partial charge in [0.15, 0.2) is 0 Å². The zero-order chi connectivity index (χ0) is 14.4. The summed E-state index contributed by atoms with van der Waals surface area (Å²) in [7, 11) is 0. The number of nitrogens with zero attached hydrogens (tertiary/aromatic N) is 1. The van der Waals surface area contributed by atoms with Crippen LogP contribution in [0.15, 0.2) is 42.6 Å². The molecule has 2 aromatic rings. The second-order valence-corrected chi connectivity index (χ2v) is 4.08. The molecule has 0 saturated heterocycles. The molecule has 0 spiro atoms. The van der Waals surface area contributed by atoms with Crippen LogP contribution in [-0.2, 0) is 11.3 Å². The summed E-state index contributed by atoms with van der Waals surface area (Å²) in [5, 5.41) is 5.24. The first-order chi connectivity index (χ1) is 9.65. The van der Waals surface area contributed by atoms with Gasteiger partial charge in [-0.25, -0.2) is 8.78 Å². The van der Waals surface area contributed by atoms with Crippen LogP contribution < -0.4 is 10.6 Å². The SMILES string of the molecule is O=C(CNc1ccc(F)cc1F)NCc1ccccn1. The summed E-state index contributed by atoms with van der Waals surface area (Å²) < 4.78 is 26.0. The maximum atomic E-state index is 13.3. The Morgan fingerprint density at radius 3 is 2.75 bits per heavy atom.